The van der Waals surface area contributed by atoms with Gasteiger partial charge in [-0.1, -0.05) is 197 Å². The Kier molecular flexibility index (Phi) is 39.2. The minimum absolute atomic E-state index is 0.244. The zero-order chi connectivity index (χ0) is 51.7. The normalized spacial score (nSPS) is 26.2. The van der Waals surface area contributed by atoms with Crippen molar-refractivity contribution in [2.75, 3.05) is 19.8 Å². The number of allylic oxidation sites excluding steroid dienone is 9. The van der Waals surface area contributed by atoms with E-state index in [0.29, 0.717) is 6.42 Å². The zero-order valence-corrected chi connectivity index (χ0v) is 43.9. The van der Waals surface area contributed by atoms with Crippen LogP contribution in [0.3, 0.4) is 0 Å². The topological polar surface area (TPSA) is 228 Å². The fourth-order valence-corrected chi connectivity index (χ4v) is 8.93. The van der Waals surface area contributed by atoms with E-state index in [0.717, 1.165) is 64.2 Å². The van der Waals surface area contributed by atoms with E-state index in [-0.39, 0.29) is 18.9 Å². The lowest BCUT2D eigenvalue weighted by Gasteiger charge is -2.46. The summed E-state index contributed by atoms with van der Waals surface area (Å²) in [5, 5.41) is 86.8. The van der Waals surface area contributed by atoms with E-state index >= 15 is 0 Å². The average Bonchev–Trinajstić information content (AvgIpc) is 3.37. The molecule has 2 fully saturated rings. The van der Waals surface area contributed by atoms with E-state index in [1.165, 1.54) is 109 Å². The van der Waals surface area contributed by atoms with E-state index in [2.05, 4.69) is 67.8 Å². The number of aliphatic hydroxyl groups excluding tert-OH is 8. The Morgan fingerprint density at radius 2 is 0.972 bits per heavy atom. The van der Waals surface area contributed by atoms with Crippen molar-refractivity contribution in [3.63, 3.8) is 0 Å². The minimum Gasteiger partial charge on any atom is -0.394 e. The van der Waals surface area contributed by atoms with Crippen LogP contribution in [0.5, 0.6) is 0 Å². The number of hydrogen-bond donors (Lipinski definition) is 9. The van der Waals surface area contributed by atoms with Gasteiger partial charge in [-0.05, 0) is 57.8 Å². The number of carbonyl (C=O) groups excluding carboxylic acids is 1. The quantitative estimate of drug-likeness (QED) is 0.0206. The molecule has 2 heterocycles. The predicted octanol–water partition coefficient (Wildman–Crippen LogP) is 8.61. The van der Waals surface area contributed by atoms with E-state index in [4.69, 9.17) is 18.9 Å². The standard InChI is InChI=1S/C57H101NO13/c1-3-5-7-9-11-13-15-16-17-18-19-20-21-22-23-24-25-26-27-28-29-30-31-33-35-37-39-41-49(62)58-45(46(61)40-38-36-34-32-14-12-10-8-6-4-2)44-68-56-54(67)52(65)55(48(43-60)70-56)71-57-53(66)51(64)50(63)47(42-59)69-57/h5,7,11,13,16-17,19-20,38,40,45-48,50-57,59-61,63-67H,3-4,6,8-10,12,14-15,18,21-37,39,41-44H2,1-2H3,(H,58,62)/b7-5-,13-11-,17-16-,20-19-,40-38+. The Morgan fingerprint density at radius 1 is 0.521 bits per heavy atom. The van der Waals surface area contributed by atoms with Gasteiger partial charge in [0.05, 0.1) is 32.0 Å². The van der Waals surface area contributed by atoms with Gasteiger partial charge in [0.15, 0.2) is 12.6 Å². The van der Waals surface area contributed by atoms with Crippen molar-refractivity contribution < 1.29 is 64.6 Å². The van der Waals surface area contributed by atoms with Gasteiger partial charge in [-0.25, -0.2) is 0 Å². The van der Waals surface area contributed by atoms with Crippen LogP contribution in [0.4, 0.5) is 0 Å². The number of unbranched alkanes of at least 4 members (excludes halogenated alkanes) is 22. The molecule has 14 nitrogen and oxygen atoms in total. The molecule has 0 radical (unpaired) electrons. The van der Waals surface area contributed by atoms with E-state index in [1.54, 1.807) is 6.08 Å². The number of rotatable bonds is 43. The molecule has 0 aromatic rings. The summed E-state index contributed by atoms with van der Waals surface area (Å²) in [5.74, 6) is -0.244. The molecule has 2 aliphatic heterocycles. The molecule has 2 saturated heterocycles. The molecule has 0 saturated carbocycles. The molecule has 12 atom stereocenters. The first-order valence-electron chi connectivity index (χ1n) is 28.0. The SMILES string of the molecule is CC/C=C\C/C=C\C/C=C\C/C=C\CCCCCCCCCCCCCCCCC(=O)NC(COC1OC(CO)C(OC2OC(CO)C(O)C(O)C2O)C(O)C1O)C(O)/C=C/CCCCCCCCCC. The van der Waals surface area contributed by atoms with Crippen LogP contribution in [0.1, 0.15) is 200 Å². The van der Waals surface area contributed by atoms with Crippen molar-refractivity contribution in [2.24, 2.45) is 0 Å². The van der Waals surface area contributed by atoms with Crippen molar-refractivity contribution in [3.05, 3.63) is 60.8 Å². The van der Waals surface area contributed by atoms with Gasteiger partial charge < -0.3 is 65.1 Å². The molecule has 1 amide bonds. The van der Waals surface area contributed by atoms with Crippen LogP contribution in [-0.4, -0.2) is 140 Å². The Hall–Kier alpha value is -2.31. The highest BCUT2D eigenvalue weighted by molar-refractivity contribution is 5.76. The Balaban J connectivity index is 1.70. The third-order valence-corrected chi connectivity index (χ3v) is 13.5. The molecule has 412 valence electrons. The lowest BCUT2D eigenvalue weighted by atomic mass is 9.97. The molecule has 0 aromatic heterocycles. The summed E-state index contributed by atoms with van der Waals surface area (Å²) >= 11 is 0. The van der Waals surface area contributed by atoms with Crippen molar-refractivity contribution in [1.29, 1.82) is 0 Å². The highest BCUT2D eigenvalue weighted by atomic mass is 16.7. The summed E-state index contributed by atoms with van der Waals surface area (Å²) in [7, 11) is 0. The molecular weight excluding hydrogens is 907 g/mol. The van der Waals surface area contributed by atoms with Gasteiger partial charge in [0.2, 0.25) is 5.91 Å². The fraction of sp³-hybridized carbons (Fsp3) is 0.807. The third kappa shape index (κ3) is 29.4. The maximum Gasteiger partial charge on any atom is 0.220 e. The average molecular weight is 1010 g/mol. The fourth-order valence-electron chi connectivity index (χ4n) is 8.93. The summed E-state index contributed by atoms with van der Waals surface area (Å²) in [6.45, 7) is 2.65. The predicted molar refractivity (Wildman–Crippen MR) is 281 cm³/mol. The van der Waals surface area contributed by atoms with Crippen LogP contribution in [0.25, 0.3) is 0 Å². The van der Waals surface area contributed by atoms with Crippen LogP contribution in [-0.2, 0) is 23.7 Å². The highest BCUT2D eigenvalue weighted by Crippen LogP contribution is 2.30. The largest absolute Gasteiger partial charge is 0.394 e. The Labute approximate surface area is 428 Å². The Bertz CT molecular complexity index is 1420. The zero-order valence-electron chi connectivity index (χ0n) is 43.9. The highest BCUT2D eigenvalue weighted by Gasteiger charge is 2.51. The van der Waals surface area contributed by atoms with Crippen LogP contribution >= 0.6 is 0 Å². The summed E-state index contributed by atoms with van der Waals surface area (Å²) in [6.07, 6.45) is 37.0. The molecule has 2 aliphatic rings. The Morgan fingerprint density at radius 3 is 1.49 bits per heavy atom. The van der Waals surface area contributed by atoms with Gasteiger partial charge >= 0.3 is 0 Å². The van der Waals surface area contributed by atoms with Gasteiger partial charge in [-0.2, -0.15) is 0 Å². The number of ether oxygens (including phenoxy) is 4. The number of amides is 1. The van der Waals surface area contributed by atoms with E-state index in [1.807, 2.05) is 6.08 Å². The summed E-state index contributed by atoms with van der Waals surface area (Å²) < 4.78 is 22.7. The number of aliphatic hydroxyl groups is 8. The van der Waals surface area contributed by atoms with Gasteiger partial charge in [0, 0.05) is 6.42 Å². The molecule has 0 aromatic carbocycles. The van der Waals surface area contributed by atoms with Gasteiger partial charge in [0.1, 0.15) is 48.8 Å². The first-order chi connectivity index (χ1) is 34.6. The third-order valence-electron chi connectivity index (χ3n) is 13.5. The first kappa shape index (κ1) is 64.8. The van der Waals surface area contributed by atoms with Gasteiger partial charge in [-0.3, -0.25) is 4.79 Å². The second kappa shape index (κ2) is 43.0. The van der Waals surface area contributed by atoms with Crippen molar-refractivity contribution in [3.8, 4) is 0 Å². The van der Waals surface area contributed by atoms with Crippen LogP contribution in [0.15, 0.2) is 60.8 Å². The molecule has 9 N–H and O–H groups in total. The number of carbonyl (C=O) groups is 1. The first-order valence-corrected chi connectivity index (χ1v) is 28.0. The van der Waals surface area contributed by atoms with E-state index < -0.39 is 86.8 Å². The number of hydrogen-bond acceptors (Lipinski definition) is 13. The minimum atomic E-state index is -1.79. The smallest absolute Gasteiger partial charge is 0.220 e. The van der Waals surface area contributed by atoms with Crippen LogP contribution in [0.2, 0.25) is 0 Å². The van der Waals surface area contributed by atoms with E-state index in [9.17, 15) is 45.6 Å². The van der Waals surface area contributed by atoms with Gasteiger partial charge in [0.25, 0.3) is 0 Å². The van der Waals surface area contributed by atoms with Crippen LogP contribution < -0.4 is 5.32 Å². The van der Waals surface area contributed by atoms with Crippen molar-refractivity contribution in [1.82, 2.24) is 5.32 Å². The molecule has 0 bridgehead atoms. The number of nitrogens with one attached hydrogen (secondary N) is 1. The summed E-state index contributed by atoms with van der Waals surface area (Å²) in [6, 6.07) is -0.914. The second-order valence-corrected chi connectivity index (χ2v) is 19.7. The lowest BCUT2D eigenvalue weighted by molar-refractivity contribution is -0.359. The maximum absolute atomic E-state index is 13.2. The molecule has 0 spiro atoms. The monoisotopic (exact) mass is 1010 g/mol. The molecule has 12 unspecified atom stereocenters. The molecule has 14 heteroatoms. The molecule has 0 aliphatic carbocycles. The summed E-state index contributed by atoms with van der Waals surface area (Å²) in [4.78, 5) is 13.2. The molecule has 2 rings (SSSR count). The van der Waals surface area contributed by atoms with Crippen molar-refractivity contribution in [2.45, 2.75) is 274 Å². The van der Waals surface area contributed by atoms with Crippen LogP contribution in [0, 0.1) is 0 Å². The van der Waals surface area contributed by atoms with Gasteiger partial charge in [-0.15, -0.1) is 0 Å². The summed E-state index contributed by atoms with van der Waals surface area (Å²) in [5.41, 5.74) is 0. The van der Waals surface area contributed by atoms with Crippen molar-refractivity contribution >= 4 is 5.91 Å². The molecule has 71 heavy (non-hydrogen) atoms. The molecular formula is C57H101NO13. The second-order valence-electron chi connectivity index (χ2n) is 19.7. The lowest BCUT2D eigenvalue weighted by Crippen LogP contribution is -2.65. The maximum atomic E-state index is 13.2.